The standard InChI is InChI=1S/C20H26N2O7S/c1-18(2)25-10-14(27-18)15-20(12-21,16-17(26-15)29-19(3,4)28-16)22-30(23,24)11-13-8-6-5-7-9-13/h5-9,14-17,22H,10-11H2,1-4H3/t14-,15-,16+,17-,20-/m1/s1. The average Bonchev–Trinajstić information content (AvgIpc) is 3.24. The number of rotatable bonds is 5. The minimum atomic E-state index is -3.94. The van der Waals surface area contributed by atoms with Crippen LogP contribution in [0.3, 0.4) is 0 Å². The van der Waals surface area contributed by atoms with Crippen molar-refractivity contribution >= 4 is 10.0 Å². The lowest BCUT2D eigenvalue weighted by atomic mass is 9.88. The summed E-state index contributed by atoms with van der Waals surface area (Å²) in [5, 5.41) is 10.2. The first-order chi connectivity index (χ1) is 14.0. The predicted molar refractivity (Wildman–Crippen MR) is 104 cm³/mol. The fourth-order valence-corrected chi connectivity index (χ4v) is 5.65. The predicted octanol–water partition coefficient (Wildman–Crippen LogP) is 1.40. The summed E-state index contributed by atoms with van der Waals surface area (Å²) < 4.78 is 57.9. The van der Waals surface area contributed by atoms with Gasteiger partial charge in [0.05, 0.1) is 18.4 Å². The molecule has 1 aromatic rings. The van der Waals surface area contributed by atoms with Crippen molar-refractivity contribution in [1.82, 2.24) is 4.72 Å². The van der Waals surface area contributed by atoms with Crippen molar-refractivity contribution in [3.8, 4) is 6.07 Å². The van der Waals surface area contributed by atoms with Gasteiger partial charge in [-0.25, -0.2) is 8.42 Å². The van der Waals surface area contributed by atoms with E-state index in [0.29, 0.717) is 5.56 Å². The molecule has 0 amide bonds. The molecule has 1 aromatic carbocycles. The molecular formula is C20H26N2O7S. The Morgan fingerprint density at radius 2 is 1.77 bits per heavy atom. The van der Waals surface area contributed by atoms with Crippen molar-refractivity contribution in [2.24, 2.45) is 0 Å². The van der Waals surface area contributed by atoms with E-state index in [2.05, 4.69) is 10.8 Å². The second kappa shape index (κ2) is 7.24. The molecule has 3 heterocycles. The summed E-state index contributed by atoms with van der Waals surface area (Å²) in [7, 11) is -3.94. The zero-order valence-electron chi connectivity index (χ0n) is 17.3. The average molecular weight is 439 g/mol. The Morgan fingerprint density at radius 3 is 2.37 bits per heavy atom. The summed E-state index contributed by atoms with van der Waals surface area (Å²) in [6.45, 7) is 6.99. The molecule has 0 spiro atoms. The molecule has 3 aliphatic rings. The van der Waals surface area contributed by atoms with Crippen molar-refractivity contribution in [2.75, 3.05) is 6.61 Å². The molecular weight excluding hydrogens is 412 g/mol. The van der Waals surface area contributed by atoms with Gasteiger partial charge in [-0.3, -0.25) is 0 Å². The molecule has 164 valence electrons. The SMILES string of the molecule is CC1(C)OC[C@H]([C@H]2O[C@@H]3OC(C)(C)O[C@@H]3[C@]2(C#N)NS(=O)(=O)Cc2ccccc2)O1. The third-order valence-corrected chi connectivity index (χ3v) is 6.68. The van der Waals surface area contributed by atoms with Gasteiger partial charge >= 0.3 is 0 Å². The van der Waals surface area contributed by atoms with Crippen LogP contribution in [0.4, 0.5) is 0 Å². The summed E-state index contributed by atoms with van der Waals surface area (Å²) in [5.74, 6) is -2.20. The molecule has 10 heteroatoms. The Bertz CT molecular complexity index is 944. The van der Waals surface area contributed by atoms with Crippen LogP contribution in [0.2, 0.25) is 0 Å². The van der Waals surface area contributed by atoms with Crippen LogP contribution in [0.25, 0.3) is 0 Å². The van der Waals surface area contributed by atoms with Crippen LogP contribution in [0.5, 0.6) is 0 Å². The summed E-state index contributed by atoms with van der Waals surface area (Å²) >= 11 is 0. The zero-order chi connectivity index (χ0) is 21.8. The van der Waals surface area contributed by atoms with Crippen molar-refractivity contribution in [1.29, 1.82) is 5.26 Å². The van der Waals surface area contributed by atoms with Crippen LogP contribution < -0.4 is 4.72 Å². The van der Waals surface area contributed by atoms with E-state index in [1.165, 1.54) is 0 Å². The molecule has 0 radical (unpaired) electrons. The van der Waals surface area contributed by atoms with E-state index < -0.39 is 51.7 Å². The molecule has 0 aliphatic carbocycles. The number of nitrogens with zero attached hydrogens (tertiary/aromatic N) is 1. The summed E-state index contributed by atoms with van der Waals surface area (Å²) in [4.78, 5) is 0. The van der Waals surface area contributed by atoms with Gasteiger partial charge in [0.1, 0.15) is 18.3 Å². The van der Waals surface area contributed by atoms with Gasteiger partial charge in [-0.05, 0) is 33.3 Å². The van der Waals surface area contributed by atoms with Crippen LogP contribution in [-0.2, 0) is 39.5 Å². The van der Waals surface area contributed by atoms with Gasteiger partial charge in [-0.2, -0.15) is 9.98 Å². The fraction of sp³-hybridized carbons (Fsp3) is 0.650. The lowest BCUT2D eigenvalue weighted by Gasteiger charge is -2.35. The lowest BCUT2D eigenvalue weighted by Crippen LogP contribution is -2.63. The lowest BCUT2D eigenvalue weighted by molar-refractivity contribution is -0.226. The van der Waals surface area contributed by atoms with Crippen LogP contribution in [0.1, 0.15) is 33.3 Å². The van der Waals surface area contributed by atoms with Crippen LogP contribution >= 0.6 is 0 Å². The number of nitriles is 1. The highest BCUT2D eigenvalue weighted by atomic mass is 32.2. The highest BCUT2D eigenvalue weighted by Crippen LogP contribution is 2.46. The molecule has 1 N–H and O–H groups in total. The molecule has 9 nitrogen and oxygen atoms in total. The summed E-state index contributed by atoms with van der Waals surface area (Å²) in [6.07, 6.45) is -3.56. The van der Waals surface area contributed by atoms with Gasteiger partial charge in [0.15, 0.2) is 23.4 Å². The first-order valence-corrected chi connectivity index (χ1v) is 11.4. The first kappa shape index (κ1) is 21.6. The second-order valence-electron chi connectivity index (χ2n) is 8.68. The Morgan fingerprint density at radius 1 is 1.07 bits per heavy atom. The molecule has 0 saturated carbocycles. The number of sulfonamides is 1. The second-order valence-corrected chi connectivity index (χ2v) is 10.4. The minimum Gasteiger partial charge on any atom is -0.348 e. The Hall–Kier alpha value is -1.58. The van der Waals surface area contributed by atoms with Crippen molar-refractivity contribution in [2.45, 2.75) is 75.2 Å². The maximum Gasteiger partial charge on any atom is 0.217 e. The minimum absolute atomic E-state index is 0.143. The Balaban J connectivity index is 1.67. The van der Waals surface area contributed by atoms with Crippen LogP contribution in [0, 0.1) is 11.3 Å². The molecule has 5 atom stereocenters. The van der Waals surface area contributed by atoms with E-state index in [9.17, 15) is 13.7 Å². The van der Waals surface area contributed by atoms with Crippen molar-refractivity contribution in [3.63, 3.8) is 0 Å². The summed E-state index contributed by atoms with van der Waals surface area (Å²) in [5.41, 5.74) is -1.16. The van der Waals surface area contributed by atoms with Crippen molar-refractivity contribution in [3.05, 3.63) is 35.9 Å². The number of fused-ring (bicyclic) bond motifs is 1. The topological polar surface area (TPSA) is 116 Å². The van der Waals surface area contributed by atoms with Gasteiger partial charge in [-0.1, -0.05) is 30.3 Å². The van der Waals surface area contributed by atoms with Gasteiger partial charge in [0.25, 0.3) is 0 Å². The number of hydrogen-bond acceptors (Lipinski definition) is 8. The monoisotopic (exact) mass is 438 g/mol. The Labute approximate surface area is 176 Å². The third kappa shape index (κ3) is 3.99. The number of ether oxygens (including phenoxy) is 5. The third-order valence-electron chi connectivity index (χ3n) is 5.31. The molecule has 0 aromatic heterocycles. The van der Waals surface area contributed by atoms with E-state index in [-0.39, 0.29) is 12.4 Å². The molecule has 30 heavy (non-hydrogen) atoms. The van der Waals surface area contributed by atoms with E-state index >= 15 is 0 Å². The van der Waals surface area contributed by atoms with Gasteiger partial charge < -0.3 is 23.7 Å². The molecule has 3 saturated heterocycles. The maximum atomic E-state index is 13.1. The van der Waals surface area contributed by atoms with Gasteiger partial charge in [-0.15, -0.1) is 0 Å². The number of nitrogens with one attached hydrogen (secondary N) is 1. The van der Waals surface area contributed by atoms with Crippen molar-refractivity contribution < 1.29 is 32.1 Å². The van der Waals surface area contributed by atoms with Crippen LogP contribution in [0.15, 0.2) is 30.3 Å². The normalized spacial score (nSPS) is 37.0. The van der Waals surface area contributed by atoms with Crippen LogP contribution in [-0.4, -0.2) is 56.7 Å². The van der Waals surface area contributed by atoms with E-state index in [1.54, 1.807) is 58.0 Å². The fourth-order valence-electron chi connectivity index (χ4n) is 4.15. The first-order valence-electron chi connectivity index (χ1n) is 9.75. The molecule has 4 rings (SSSR count). The molecule has 3 fully saturated rings. The largest absolute Gasteiger partial charge is 0.348 e. The maximum absolute atomic E-state index is 13.1. The van der Waals surface area contributed by atoms with E-state index in [0.717, 1.165) is 0 Å². The Kier molecular flexibility index (Phi) is 5.22. The highest BCUT2D eigenvalue weighted by Gasteiger charge is 2.68. The van der Waals surface area contributed by atoms with Gasteiger partial charge in [0, 0.05) is 0 Å². The van der Waals surface area contributed by atoms with E-state index in [1.807, 2.05) is 0 Å². The molecule has 0 bridgehead atoms. The zero-order valence-corrected chi connectivity index (χ0v) is 18.1. The molecule has 0 unspecified atom stereocenters. The number of benzene rings is 1. The van der Waals surface area contributed by atoms with E-state index in [4.69, 9.17) is 23.7 Å². The van der Waals surface area contributed by atoms with Gasteiger partial charge in [0.2, 0.25) is 10.0 Å². The molecule has 3 aliphatic heterocycles. The summed E-state index contributed by atoms with van der Waals surface area (Å²) in [6, 6.07) is 10.9. The quantitative estimate of drug-likeness (QED) is 0.733. The highest BCUT2D eigenvalue weighted by molar-refractivity contribution is 7.88. The smallest absolute Gasteiger partial charge is 0.217 e. The number of hydrogen-bond donors (Lipinski definition) is 1.